The number of amides is 1. The summed E-state index contributed by atoms with van der Waals surface area (Å²) in [6, 6.07) is 7.83. The van der Waals surface area contributed by atoms with Gasteiger partial charge in [-0.1, -0.05) is 12.1 Å². The van der Waals surface area contributed by atoms with Crippen LogP contribution in [0.2, 0.25) is 0 Å². The molecule has 6 heteroatoms. The summed E-state index contributed by atoms with van der Waals surface area (Å²) in [7, 11) is 2.12. The van der Waals surface area contributed by atoms with Gasteiger partial charge >= 0.3 is 0 Å². The molecule has 1 saturated heterocycles. The number of rotatable bonds is 3. The molecule has 1 heterocycles. The second-order valence-corrected chi connectivity index (χ2v) is 5.07. The van der Waals surface area contributed by atoms with Crippen LogP contribution in [0.4, 0.5) is 5.69 Å². The highest BCUT2D eigenvalue weighted by molar-refractivity contribution is 5.85. The minimum Gasteiger partial charge on any atom is -0.399 e. The Morgan fingerprint density at radius 3 is 2.60 bits per heavy atom. The van der Waals surface area contributed by atoms with Crippen molar-refractivity contribution in [1.82, 2.24) is 10.2 Å². The number of carbonyl (C=O) groups excluding carboxylic acids is 1. The van der Waals surface area contributed by atoms with Gasteiger partial charge < -0.3 is 16.0 Å². The van der Waals surface area contributed by atoms with Gasteiger partial charge in [0.2, 0.25) is 5.91 Å². The number of nitrogens with two attached hydrogens (primary N) is 1. The Kier molecular flexibility index (Phi) is 8.62. The van der Waals surface area contributed by atoms with E-state index in [1.807, 2.05) is 24.3 Å². The quantitative estimate of drug-likeness (QED) is 0.836. The van der Waals surface area contributed by atoms with Crippen LogP contribution in [-0.2, 0) is 11.2 Å². The Bertz CT molecular complexity index is 421. The Morgan fingerprint density at radius 2 is 2.00 bits per heavy atom. The minimum absolute atomic E-state index is 0. The van der Waals surface area contributed by atoms with Gasteiger partial charge in [0.05, 0.1) is 6.42 Å². The number of nitrogen functional groups attached to an aromatic ring is 1. The lowest BCUT2D eigenvalue weighted by molar-refractivity contribution is -0.121. The maximum Gasteiger partial charge on any atom is 0.224 e. The summed E-state index contributed by atoms with van der Waals surface area (Å²) < 4.78 is 0. The van der Waals surface area contributed by atoms with Crippen LogP contribution in [0.15, 0.2) is 24.3 Å². The molecule has 1 aliphatic heterocycles. The van der Waals surface area contributed by atoms with Crippen molar-refractivity contribution in [1.29, 1.82) is 0 Å². The summed E-state index contributed by atoms with van der Waals surface area (Å²) in [6.45, 7) is 2.12. The zero-order valence-electron chi connectivity index (χ0n) is 11.7. The Labute approximate surface area is 132 Å². The number of hydrogen-bond donors (Lipinski definition) is 2. The number of anilines is 1. The number of halogens is 2. The highest BCUT2D eigenvalue weighted by atomic mass is 35.5. The number of piperidine rings is 1. The number of nitrogens with zero attached hydrogens (tertiary/aromatic N) is 1. The van der Waals surface area contributed by atoms with Crippen molar-refractivity contribution in [2.45, 2.75) is 25.3 Å². The smallest absolute Gasteiger partial charge is 0.224 e. The summed E-state index contributed by atoms with van der Waals surface area (Å²) in [6.07, 6.45) is 2.50. The lowest BCUT2D eigenvalue weighted by Gasteiger charge is -2.29. The van der Waals surface area contributed by atoms with Crippen LogP contribution in [0.3, 0.4) is 0 Å². The molecular weight excluding hydrogens is 297 g/mol. The van der Waals surface area contributed by atoms with Gasteiger partial charge in [0.25, 0.3) is 0 Å². The van der Waals surface area contributed by atoms with Crippen molar-refractivity contribution < 1.29 is 4.79 Å². The van der Waals surface area contributed by atoms with E-state index in [1.54, 1.807) is 0 Å². The summed E-state index contributed by atoms with van der Waals surface area (Å²) >= 11 is 0. The molecule has 114 valence electrons. The second kappa shape index (κ2) is 9.06. The van der Waals surface area contributed by atoms with Gasteiger partial charge in [-0.2, -0.15) is 0 Å². The molecule has 0 aliphatic carbocycles. The molecule has 0 unspecified atom stereocenters. The molecule has 1 aromatic rings. The fourth-order valence-corrected chi connectivity index (χ4v) is 2.32. The molecule has 3 N–H and O–H groups in total. The van der Waals surface area contributed by atoms with Gasteiger partial charge in [-0.25, -0.2) is 0 Å². The summed E-state index contributed by atoms with van der Waals surface area (Å²) in [5.74, 6) is 0.0927. The number of carbonyl (C=O) groups is 1. The minimum atomic E-state index is 0. The van der Waals surface area contributed by atoms with Crippen molar-refractivity contribution >= 4 is 36.4 Å². The molecule has 20 heavy (non-hydrogen) atoms. The first-order valence-corrected chi connectivity index (χ1v) is 6.46. The van der Waals surface area contributed by atoms with Gasteiger partial charge in [0.15, 0.2) is 0 Å². The van der Waals surface area contributed by atoms with Crippen molar-refractivity contribution in [3.05, 3.63) is 29.8 Å². The zero-order valence-corrected chi connectivity index (χ0v) is 13.3. The van der Waals surface area contributed by atoms with E-state index in [2.05, 4.69) is 17.3 Å². The molecule has 2 rings (SSSR count). The predicted octanol–water partition coefficient (Wildman–Crippen LogP) is 1.87. The second-order valence-electron chi connectivity index (χ2n) is 5.07. The average molecular weight is 320 g/mol. The maximum absolute atomic E-state index is 11.9. The van der Waals surface area contributed by atoms with Gasteiger partial charge in [-0.3, -0.25) is 4.79 Å². The van der Waals surface area contributed by atoms with E-state index in [-0.39, 0.29) is 30.7 Å². The topological polar surface area (TPSA) is 58.4 Å². The molecule has 0 saturated carbocycles. The maximum atomic E-state index is 11.9. The van der Waals surface area contributed by atoms with Gasteiger partial charge in [-0.15, -0.1) is 24.8 Å². The lowest BCUT2D eigenvalue weighted by Crippen LogP contribution is -2.43. The average Bonchev–Trinajstić information content (AvgIpc) is 2.32. The van der Waals surface area contributed by atoms with E-state index >= 15 is 0 Å². The first-order valence-electron chi connectivity index (χ1n) is 6.46. The number of likely N-dealkylation sites (tertiary alicyclic amines) is 1. The highest BCUT2D eigenvalue weighted by Gasteiger charge is 2.18. The summed E-state index contributed by atoms with van der Waals surface area (Å²) in [5, 5.41) is 3.10. The summed E-state index contributed by atoms with van der Waals surface area (Å²) in [5.41, 5.74) is 7.38. The van der Waals surface area contributed by atoms with Crippen LogP contribution in [0, 0.1) is 0 Å². The van der Waals surface area contributed by atoms with E-state index in [0.717, 1.165) is 31.5 Å². The van der Waals surface area contributed by atoms with E-state index < -0.39 is 0 Å². The van der Waals surface area contributed by atoms with Crippen LogP contribution >= 0.6 is 24.8 Å². The van der Waals surface area contributed by atoms with E-state index in [0.29, 0.717) is 18.2 Å². The third-order valence-corrected chi connectivity index (χ3v) is 3.40. The standard InChI is InChI=1S/C14H21N3O.2ClH/c1-17-7-5-13(6-8-17)16-14(18)10-11-3-2-4-12(15)9-11;;/h2-4,9,13H,5-8,10,15H2,1H3,(H,16,18);2*1H. The normalized spacial score (nSPS) is 15.8. The lowest BCUT2D eigenvalue weighted by atomic mass is 10.0. The van der Waals surface area contributed by atoms with E-state index in [1.165, 1.54) is 0 Å². The number of benzene rings is 1. The molecular formula is C14H23Cl2N3O. The Morgan fingerprint density at radius 1 is 1.35 bits per heavy atom. The fourth-order valence-electron chi connectivity index (χ4n) is 2.32. The largest absolute Gasteiger partial charge is 0.399 e. The number of hydrogen-bond acceptors (Lipinski definition) is 3. The highest BCUT2D eigenvalue weighted by Crippen LogP contribution is 2.10. The monoisotopic (exact) mass is 319 g/mol. The van der Waals surface area contributed by atoms with Crippen LogP contribution in [0.25, 0.3) is 0 Å². The third kappa shape index (κ3) is 5.99. The predicted molar refractivity (Wildman–Crippen MR) is 87.7 cm³/mol. The van der Waals surface area contributed by atoms with E-state index in [4.69, 9.17) is 5.73 Å². The van der Waals surface area contributed by atoms with E-state index in [9.17, 15) is 4.79 Å². The molecule has 0 atom stereocenters. The van der Waals surface area contributed by atoms with Crippen LogP contribution in [0.1, 0.15) is 18.4 Å². The Hall–Kier alpha value is -0.970. The molecule has 0 aromatic heterocycles. The van der Waals surface area contributed by atoms with Gasteiger partial charge in [-0.05, 0) is 50.7 Å². The molecule has 1 amide bonds. The number of nitrogens with one attached hydrogen (secondary N) is 1. The molecule has 4 nitrogen and oxygen atoms in total. The fraction of sp³-hybridized carbons (Fsp3) is 0.500. The molecule has 0 radical (unpaired) electrons. The van der Waals surface area contributed by atoms with Crippen LogP contribution in [0.5, 0.6) is 0 Å². The summed E-state index contributed by atoms with van der Waals surface area (Å²) in [4.78, 5) is 14.2. The molecule has 1 fully saturated rings. The first kappa shape index (κ1) is 19.0. The molecule has 1 aromatic carbocycles. The third-order valence-electron chi connectivity index (χ3n) is 3.40. The SMILES string of the molecule is CN1CCC(NC(=O)Cc2cccc(N)c2)CC1.Cl.Cl. The van der Waals surface area contributed by atoms with Crippen molar-refractivity contribution in [2.75, 3.05) is 25.9 Å². The molecule has 1 aliphatic rings. The van der Waals surface area contributed by atoms with Crippen LogP contribution in [-0.4, -0.2) is 37.0 Å². The van der Waals surface area contributed by atoms with Crippen LogP contribution < -0.4 is 11.1 Å². The van der Waals surface area contributed by atoms with Gasteiger partial charge in [0, 0.05) is 11.7 Å². The van der Waals surface area contributed by atoms with Crippen molar-refractivity contribution in [3.8, 4) is 0 Å². The Balaban J connectivity index is 0.00000180. The zero-order chi connectivity index (χ0) is 13.0. The molecule has 0 bridgehead atoms. The molecule has 0 spiro atoms. The van der Waals surface area contributed by atoms with Crippen molar-refractivity contribution in [3.63, 3.8) is 0 Å². The first-order chi connectivity index (χ1) is 8.63. The van der Waals surface area contributed by atoms with Crippen molar-refractivity contribution in [2.24, 2.45) is 0 Å². The van der Waals surface area contributed by atoms with Gasteiger partial charge in [0.1, 0.15) is 0 Å².